The average Bonchev–Trinajstić information content (AvgIpc) is 3.00. The van der Waals surface area contributed by atoms with Crippen LogP contribution in [0.4, 0.5) is 5.69 Å². The van der Waals surface area contributed by atoms with Gasteiger partial charge in [0.15, 0.2) is 0 Å². The van der Waals surface area contributed by atoms with E-state index in [2.05, 4.69) is 17.7 Å². The normalized spacial score (nSPS) is 23.8. The number of carbonyl (C=O) groups is 1. The second-order valence-electron chi connectivity index (χ2n) is 7.07. The first-order chi connectivity index (χ1) is 13.4. The quantitative estimate of drug-likeness (QED) is 0.610. The number of carbonyl (C=O) groups excluding carboxylic acids is 1. The van der Waals surface area contributed by atoms with Crippen molar-refractivity contribution in [3.63, 3.8) is 0 Å². The molecule has 0 bridgehead atoms. The number of nitrogens with zero attached hydrogens (tertiary/aromatic N) is 2. The molecule has 0 aromatic heterocycles. The minimum absolute atomic E-state index is 0.0184. The van der Waals surface area contributed by atoms with E-state index in [1.165, 1.54) is 18.2 Å². The van der Waals surface area contributed by atoms with E-state index in [1.807, 2.05) is 24.3 Å². The molecule has 2 heterocycles. The molecule has 1 saturated heterocycles. The third kappa shape index (κ3) is 3.46. The summed E-state index contributed by atoms with van der Waals surface area (Å²) in [4.78, 5) is 23.1. The van der Waals surface area contributed by atoms with Gasteiger partial charge in [0.2, 0.25) is 0 Å². The Hall–Kier alpha value is -2.90. The molecule has 2 aliphatic heterocycles. The van der Waals surface area contributed by atoms with Crippen LogP contribution in [-0.4, -0.2) is 28.0 Å². The summed E-state index contributed by atoms with van der Waals surface area (Å²) >= 11 is 5.98. The molecule has 2 aliphatic rings. The van der Waals surface area contributed by atoms with Gasteiger partial charge in [-0.1, -0.05) is 23.7 Å². The summed E-state index contributed by atoms with van der Waals surface area (Å²) in [6, 6.07) is 14.0. The van der Waals surface area contributed by atoms with Crippen LogP contribution in [0, 0.1) is 16.0 Å². The number of fused-ring (bicyclic) bond motifs is 1. The molecule has 28 heavy (non-hydrogen) atoms. The van der Waals surface area contributed by atoms with Gasteiger partial charge in [-0.05, 0) is 48.7 Å². The van der Waals surface area contributed by atoms with E-state index in [4.69, 9.17) is 11.6 Å². The van der Waals surface area contributed by atoms with Gasteiger partial charge in [0.05, 0.1) is 4.92 Å². The van der Waals surface area contributed by atoms with Crippen LogP contribution >= 0.6 is 11.6 Å². The molecule has 144 valence electrons. The molecule has 8 heteroatoms. The highest BCUT2D eigenvalue weighted by Crippen LogP contribution is 2.30. The highest BCUT2D eigenvalue weighted by atomic mass is 35.5. The summed E-state index contributed by atoms with van der Waals surface area (Å²) in [7, 11) is 0. The van der Waals surface area contributed by atoms with E-state index >= 15 is 0 Å². The molecule has 4 rings (SSSR count). The molecule has 2 aromatic rings. The standard InChI is InChI=1S/C20H19ClN4O3/c1-12-17(10-13-2-6-15(21)7-3-13)20-22-18(11-19(26)24(20)23-12)14-4-8-16(9-5-14)25(27)28/h2-9,11-12,17,20,22-23H,10H2,1H3. The molecular weight excluding hydrogens is 380 g/mol. The molecule has 3 atom stereocenters. The maximum atomic E-state index is 12.6. The lowest BCUT2D eigenvalue weighted by molar-refractivity contribution is -0.384. The largest absolute Gasteiger partial charge is 0.363 e. The van der Waals surface area contributed by atoms with Crippen LogP contribution in [0.15, 0.2) is 54.6 Å². The lowest BCUT2D eigenvalue weighted by atomic mass is 9.91. The molecule has 3 unspecified atom stereocenters. The minimum atomic E-state index is -0.440. The summed E-state index contributed by atoms with van der Waals surface area (Å²) in [6.07, 6.45) is 2.08. The van der Waals surface area contributed by atoms with Crippen molar-refractivity contribution in [3.8, 4) is 0 Å². The van der Waals surface area contributed by atoms with Gasteiger partial charge in [0.25, 0.3) is 11.6 Å². The average molecular weight is 399 g/mol. The Labute approximate surface area is 167 Å². The fourth-order valence-corrected chi connectivity index (χ4v) is 3.86. The number of rotatable bonds is 4. The molecule has 1 amide bonds. The second kappa shape index (κ2) is 7.26. The second-order valence-corrected chi connectivity index (χ2v) is 7.51. The maximum absolute atomic E-state index is 12.6. The number of hydrazine groups is 1. The molecule has 0 aliphatic carbocycles. The highest BCUT2D eigenvalue weighted by Gasteiger charge is 2.43. The van der Waals surface area contributed by atoms with Crippen LogP contribution in [0.3, 0.4) is 0 Å². The van der Waals surface area contributed by atoms with Crippen molar-refractivity contribution in [2.75, 3.05) is 0 Å². The third-order valence-corrected chi connectivity index (χ3v) is 5.50. The molecule has 2 aromatic carbocycles. The first-order valence-corrected chi connectivity index (χ1v) is 9.37. The zero-order valence-corrected chi connectivity index (χ0v) is 15.9. The lowest BCUT2D eigenvalue weighted by Crippen LogP contribution is -2.53. The summed E-state index contributed by atoms with van der Waals surface area (Å²) in [5, 5.41) is 16.6. The first kappa shape index (κ1) is 18.5. The van der Waals surface area contributed by atoms with Crippen molar-refractivity contribution in [1.82, 2.24) is 15.8 Å². The van der Waals surface area contributed by atoms with Crippen molar-refractivity contribution < 1.29 is 9.72 Å². The number of halogens is 1. The van der Waals surface area contributed by atoms with Crippen molar-refractivity contribution in [2.45, 2.75) is 25.6 Å². The van der Waals surface area contributed by atoms with E-state index in [1.54, 1.807) is 17.1 Å². The van der Waals surface area contributed by atoms with Crippen LogP contribution in [0.1, 0.15) is 18.1 Å². The Kier molecular flexibility index (Phi) is 4.78. The summed E-state index contributed by atoms with van der Waals surface area (Å²) < 4.78 is 0. The fraction of sp³-hybridized carbons (Fsp3) is 0.250. The molecule has 2 N–H and O–H groups in total. The van der Waals surface area contributed by atoms with Gasteiger partial charge in [0.1, 0.15) is 6.17 Å². The Balaban J connectivity index is 1.57. The van der Waals surface area contributed by atoms with Gasteiger partial charge in [-0.15, -0.1) is 0 Å². The van der Waals surface area contributed by atoms with Crippen molar-refractivity contribution in [3.05, 3.63) is 80.9 Å². The van der Waals surface area contributed by atoms with Gasteiger partial charge in [-0.25, -0.2) is 5.43 Å². The monoisotopic (exact) mass is 398 g/mol. The number of amides is 1. The Morgan fingerprint density at radius 1 is 1.14 bits per heavy atom. The van der Waals surface area contributed by atoms with Crippen LogP contribution in [0.5, 0.6) is 0 Å². The van der Waals surface area contributed by atoms with E-state index in [0.29, 0.717) is 10.7 Å². The summed E-state index contributed by atoms with van der Waals surface area (Å²) in [6.45, 7) is 2.05. The van der Waals surface area contributed by atoms with Gasteiger partial charge < -0.3 is 5.32 Å². The smallest absolute Gasteiger partial charge is 0.269 e. The van der Waals surface area contributed by atoms with Crippen molar-refractivity contribution >= 4 is 28.9 Å². The lowest BCUT2D eigenvalue weighted by Gasteiger charge is -2.33. The summed E-state index contributed by atoms with van der Waals surface area (Å²) in [5.41, 5.74) is 5.81. The Morgan fingerprint density at radius 3 is 2.46 bits per heavy atom. The van der Waals surface area contributed by atoms with Crippen LogP contribution < -0.4 is 10.7 Å². The number of benzene rings is 2. The molecule has 0 saturated carbocycles. The topological polar surface area (TPSA) is 87.5 Å². The number of hydrogen-bond acceptors (Lipinski definition) is 5. The van der Waals surface area contributed by atoms with Crippen LogP contribution in [-0.2, 0) is 11.2 Å². The van der Waals surface area contributed by atoms with E-state index in [0.717, 1.165) is 17.5 Å². The highest BCUT2D eigenvalue weighted by molar-refractivity contribution is 6.30. The zero-order valence-electron chi connectivity index (χ0n) is 15.1. The number of nitrogens with one attached hydrogen (secondary N) is 2. The SMILES string of the molecule is CC1NN2C(=O)C=C(c3ccc([N+](=O)[O-])cc3)NC2C1Cc1ccc(Cl)cc1. The molecular formula is C20H19ClN4O3. The first-order valence-electron chi connectivity index (χ1n) is 8.99. The molecule has 1 fully saturated rings. The summed E-state index contributed by atoms with van der Waals surface area (Å²) in [5.74, 6) is 0.00873. The van der Waals surface area contributed by atoms with Crippen molar-refractivity contribution in [1.29, 1.82) is 0 Å². The fourth-order valence-electron chi connectivity index (χ4n) is 3.74. The predicted octanol–water partition coefficient (Wildman–Crippen LogP) is 3.11. The van der Waals surface area contributed by atoms with E-state index in [-0.39, 0.29) is 29.7 Å². The Bertz CT molecular complexity index is 943. The van der Waals surface area contributed by atoms with Gasteiger partial charge >= 0.3 is 0 Å². The Morgan fingerprint density at radius 2 is 1.82 bits per heavy atom. The van der Waals surface area contributed by atoms with Crippen LogP contribution in [0.2, 0.25) is 5.02 Å². The van der Waals surface area contributed by atoms with E-state index in [9.17, 15) is 14.9 Å². The minimum Gasteiger partial charge on any atom is -0.363 e. The van der Waals surface area contributed by atoms with E-state index < -0.39 is 4.92 Å². The van der Waals surface area contributed by atoms with Crippen LogP contribution in [0.25, 0.3) is 5.70 Å². The number of nitro benzene ring substituents is 1. The number of non-ortho nitro benzene ring substituents is 1. The van der Waals surface area contributed by atoms with Gasteiger partial charge in [0, 0.05) is 40.9 Å². The zero-order chi connectivity index (χ0) is 19.8. The molecule has 0 radical (unpaired) electrons. The van der Waals surface area contributed by atoms with Gasteiger partial charge in [-0.2, -0.15) is 0 Å². The predicted molar refractivity (Wildman–Crippen MR) is 106 cm³/mol. The molecule has 7 nitrogen and oxygen atoms in total. The number of hydrogen-bond donors (Lipinski definition) is 2. The van der Waals surface area contributed by atoms with Crippen molar-refractivity contribution in [2.24, 2.45) is 5.92 Å². The third-order valence-electron chi connectivity index (χ3n) is 5.25. The number of nitro groups is 1. The molecule has 0 spiro atoms. The maximum Gasteiger partial charge on any atom is 0.269 e. The van der Waals surface area contributed by atoms with Gasteiger partial charge in [-0.3, -0.25) is 19.9 Å².